The average molecular weight is 414 g/mol. The van der Waals surface area contributed by atoms with E-state index in [0.717, 1.165) is 0 Å². The number of pyridine rings is 1. The van der Waals surface area contributed by atoms with Crippen LogP contribution in [0.2, 0.25) is 5.02 Å². The monoisotopic (exact) mass is 413 g/mol. The zero-order valence-corrected chi connectivity index (χ0v) is 16.7. The zero-order valence-electron chi connectivity index (χ0n) is 15.1. The Morgan fingerprint density at radius 1 is 1.14 bits per heavy atom. The van der Waals surface area contributed by atoms with Crippen LogP contribution in [0.15, 0.2) is 59.6 Å². The minimum Gasteiger partial charge on any atom is -0.438 e. The maximum atomic E-state index is 12.7. The molecule has 3 aromatic rings. The summed E-state index contributed by atoms with van der Waals surface area (Å²) in [6.45, 7) is 3.40. The van der Waals surface area contributed by atoms with Crippen molar-refractivity contribution >= 4 is 27.3 Å². The van der Waals surface area contributed by atoms with Crippen LogP contribution in [-0.4, -0.2) is 13.4 Å². The molecule has 1 heterocycles. The predicted molar refractivity (Wildman–Crippen MR) is 107 cm³/mol. The Hall–Kier alpha value is -3.08. The van der Waals surface area contributed by atoms with Crippen LogP contribution in [0.25, 0.3) is 0 Å². The summed E-state index contributed by atoms with van der Waals surface area (Å²) < 4.78 is 33.7. The molecule has 1 N–H and O–H groups in total. The van der Waals surface area contributed by atoms with Crippen LogP contribution >= 0.6 is 11.6 Å². The first-order chi connectivity index (χ1) is 13.3. The van der Waals surface area contributed by atoms with E-state index in [-0.39, 0.29) is 10.8 Å². The molecule has 28 heavy (non-hydrogen) atoms. The van der Waals surface area contributed by atoms with E-state index >= 15 is 0 Å². The van der Waals surface area contributed by atoms with Gasteiger partial charge in [0.1, 0.15) is 17.4 Å². The smallest absolute Gasteiger partial charge is 0.262 e. The molecule has 0 bridgehead atoms. The number of halogens is 1. The molecule has 0 saturated heterocycles. The number of anilines is 1. The summed E-state index contributed by atoms with van der Waals surface area (Å²) in [6.07, 6.45) is 1.53. The van der Waals surface area contributed by atoms with E-state index in [0.29, 0.717) is 33.1 Å². The van der Waals surface area contributed by atoms with Gasteiger partial charge in [-0.25, -0.2) is 13.4 Å². The van der Waals surface area contributed by atoms with E-state index in [1.54, 1.807) is 56.3 Å². The largest absolute Gasteiger partial charge is 0.438 e. The van der Waals surface area contributed by atoms with E-state index in [1.165, 1.54) is 12.3 Å². The van der Waals surface area contributed by atoms with Gasteiger partial charge in [-0.3, -0.25) is 4.72 Å². The number of aryl methyl sites for hydroxylation is 1. The zero-order chi connectivity index (χ0) is 20.3. The molecule has 1 aromatic heterocycles. The standard InChI is InChI=1S/C20H16ClN3O3S/c1-13-11-16(27-20-15(12-22)5-4-10-23-20)8-9-18(13)24-28(25,26)19-7-3-6-17(21)14(19)2/h3-11,24H,1-2H3. The fraction of sp³-hybridized carbons (Fsp3) is 0.100. The van der Waals surface area contributed by atoms with Crippen LogP contribution in [0.1, 0.15) is 16.7 Å². The van der Waals surface area contributed by atoms with Gasteiger partial charge in [-0.1, -0.05) is 17.7 Å². The van der Waals surface area contributed by atoms with Gasteiger partial charge in [0.2, 0.25) is 5.88 Å². The predicted octanol–water partition coefficient (Wildman–Crippen LogP) is 4.82. The van der Waals surface area contributed by atoms with Gasteiger partial charge >= 0.3 is 0 Å². The number of nitrogens with zero attached hydrogens (tertiary/aromatic N) is 2. The average Bonchev–Trinajstić information content (AvgIpc) is 2.66. The van der Waals surface area contributed by atoms with Crippen molar-refractivity contribution in [3.05, 3.63) is 76.4 Å². The van der Waals surface area contributed by atoms with Crippen LogP contribution in [0.4, 0.5) is 5.69 Å². The number of sulfonamides is 1. The van der Waals surface area contributed by atoms with Crippen LogP contribution in [-0.2, 0) is 10.0 Å². The van der Waals surface area contributed by atoms with Crippen LogP contribution in [0.3, 0.4) is 0 Å². The molecule has 0 radical (unpaired) electrons. The number of hydrogen-bond donors (Lipinski definition) is 1. The highest BCUT2D eigenvalue weighted by atomic mass is 35.5. The number of rotatable bonds is 5. The van der Waals surface area contributed by atoms with E-state index in [2.05, 4.69) is 9.71 Å². The lowest BCUT2D eigenvalue weighted by molar-refractivity contribution is 0.461. The summed E-state index contributed by atoms with van der Waals surface area (Å²) in [5, 5.41) is 9.50. The minimum absolute atomic E-state index is 0.117. The molecule has 142 valence electrons. The molecule has 0 aliphatic rings. The van der Waals surface area contributed by atoms with E-state index in [9.17, 15) is 8.42 Å². The normalized spacial score (nSPS) is 10.9. The van der Waals surface area contributed by atoms with E-state index in [4.69, 9.17) is 21.6 Å². The Labute approximate surface area is 168 Å². The number of aromatic nitrogens is 1. The summed E-state index contributed by atoms with van der Waals surface area (Å²) in [6, 6.07) is 14.9. The number of benzene rings is 2. The third kappa shape index (κ3) is 4.09. The molecule has 0 aliphatic carbocycles. The molecule has 8 heteroatoms. The Morgan fingerprint density at radius 2 is 1.93 bits per heavy atom. The van der Waals surface area contributed by atoms with Gasteiger partial charge in [-0.2, -0.15) is 5.26 Å². The maximum Gasteiger partial charge on any atom is 0.262 e. The lowest BCUT2D eigenvalue weighted by Gasteiger charge is -2.14. The first-order valence-corrected chi connectivity index (χ1v) is 10.1. The molecule has 6 nitrogen and oxygen atoms in total. The van der Waals surface area contributed by atoms with Crippen molar-refractivity contribution in [2.45, 2.75) is 18.7 Å². The molecular formula is C20H16ClN3O3S. The van der Waals surface area contributed by atoms with Gasteiger partial charge in [0.25, 0.3) is 10.0 Å². The van der Waals surface area contributed by atoms with Crippen molar-refractivity contribution in [2.24, 2.45) is 0 Å². The van der Waals surface area contributed by atoms with Crippen molar-refractivity contribution in [2.75, 3.05) is 4.72 Å². The minimum atomic E-state index is -3.80. The van der Waals surface area contributed by atoms with Crippen molar-refractivity contribution in [1.82, 2.24) is 4.98 Å². The van der Waals surface area contributed by atoms with Crippen molar-refractivity contribution in [3.8, 4) is 17.7 Å². The fourth-order valence-corrected chi connectivity index (χ4v) is 4.19. The number of hydrogen-bond acceptors (Lipinski definition) is 5. The quantitative estimate of drug-likeness (QED) is 0.647. The first-order valence-electron chi connectivity index (χ1n) is 8.23. The highest BCUT2D eigenvalue weighted by Gasteiger charge is 2.19. The summed E-state index contributed by atoms with van der Waals surface area (Å²) in [4.78, 5) is 4.16. The number of nitrogens with one attached hydrogen (secondary N) is 1. The van der Waals surface area contributed by atoms with Gasteiger partial charge in [0.05, 0.1) is 10.6 Å². The highest BCUT2D eigenvalue weighted by Crippen LogP contribution is 2.29. The SMILES string of the molecule is Cc1cc(Oc2ncccc2C#N)ccc1NS(=O)(=O)c1cccc(Cl)c1C. The Bertz CT molecular complexity index is 1190. The van der Waals surface area contributed by atoms with Gasteiger partial charge in [0.15, 0.2) is 0 Å². The molecule has 2 aromatic carbocycles. The second-order valence-electron chi connectivity index (χ2n) is 6.02. The number of ether oxygens (including phenoxy) is 1. The van der Waals surface area contributed by atoms with Crippen molar-refractivity contribution in [1.29, 1.82) is 5.26 Å². The molecule has 0 aliphatic heterocycles. The second-order valence-corrected chi connectivity index (χ2v) is 8.07. The van der Waals surface area contributed by atoms with E-state index in [1.807, 2.05) is 6.07 Å². The molecular weight excluding hydrogens is 398 g/mol. The van der Waals surface area contributed by atoms with Gasteiger partial charge in [-0.05, 0) is 67.4 Å². The van der Waals surface area contributed by atoms with Crippen molar-refractivity contribution < 1.29 is 13.2 Å². The highest BCUT2D eigenvalue weighted by molar-refractivity contribution is 7.92. The Kier molecular flexibility index (Phi) is 5.54. The summed E-state index contributed by atoms with van der Waals surface area (Å²) in [5.74, 6) is 0.627. The molecule has 0 amide bonds. The first kappa shape index (κ1) is 19.7. The van der Waals surface area contributed by atoms with E-state index < -0.39 is 10.0 Å². The van der Waals surface area contributed by atoms with Gasteiger partial charge < -0.3 is 4.74 Å². The molecule has 0 fully saturated rings. The molecule has 0 saturated carbocycles. The maximum absolute atomic E-state index is 12.7. The lowest BCUT2D eigenvalue weighted by atomic mass is 10.2. The lowest BCUT2D eigenvalue weighted by Crippen LogP contribution is -2.15. The second kappa shape index (κ2) is 7.89. The molecule has 3 rings (SSSR count). The fourth-order valence-electron chi connectivity index (χ4n) is 2.56. The van der Waals surface area contributed by atoms with Gasteiger partial charge in [0, 0.05) is 11.2 Å². The summed E-state index contributed by atoms with van der Waals surface area (Å²) in [7, 11) is -3.80. The molecule has 0 spiro atoms. The Balaban J connectivity index is 1.87. The van der Waals surface area contributed by atoms with Crippen molar-refractivity contribution in [3.63, 3.8) is 0 Å². The molecule has 0 atom stereocenters. The summed E-state index contributed by atoms with van der Waals surface area (Å²) in [5.41, 5.74) is 1.85. The topological polar surface area (TPSA) is 92.1 Å². The van der Waals surface area contributed by atoms with Crippen LogP contribution in [0, 0.1) is 25.2 Å². The third-order valence-corrected chi connectivity index (χ3v) is 5.98. The third-order valence-electron chi connectivity index (χ3n) is 4.06. The Morgan fingerprint density at radius 3 is 2.64 bits per heavy atom. The van der Waals surface area contributed by atoms with Crippen LogP contribution in [0.5, 0.6) is 11.6 Å². The molecule has 0 unspecified atom stereocenters. The number of nitriles is 1. The summed E-state index contributed by atoms with van der Waals surface area (Å²) >= 11 is 6.04. The van der Waals surface area contributed by atoms with Crippen LogP contribution < -0.4 is 9.46 Å². The van der Waals surface area contributed by atoms with Gasteiger partial charge in [-0.15, -0.1) is 0 Å².